The van der Waals surface area contributed by atoms with Gasteiger partial charge in [-0.2, -0.15) is 5.10 Å². The molecule has 1 atom stereocenters. The van der Waals surface area contributed by atoms with Gasteiger partial charge in [0.25, 0.3) is 0 Å². The molecule has 0 spiro atoms. The minimum Gasteiger partial charge on any atom is -0.329 e. The minimum atomic E-state index is 0.645. The van der Waals surface area contributed by atoms with Crippen LogP contribution in [-0.2, 0) is 6.54 Å². The van der Waals surface area contributed by atoms with Crippen LogP contribution < -0.4 is 11.0 Å². The zero-order chi connectivity index (χ0) is 6.69. The largest absolute Gasteiger partial charge is 0.329 e. The van der Waals surface area contributed by atoms with Gasteiger partial charge in [0.05, 0.1) is 12.7 Å². The van der Waals surface area contributed by atoms with Crippen molar-refractivity contribution in [3.8, 4) is 0 Å². The van der Waals surface area contributed by atoms with Crippen LogP contribution in [0.4, 0.5) is 0 Å². The van der Waals surface area contributed by atoms with Crippen LogP contribution in [0.25, 0.3) is 0 Å². The van der Waals surface area contributed by atoms with Crippen molar-refractivity contribution in [2.24, 2.45) is 5.73 Å². The van der Waals surface area contributed by atoms with Gasteiger partial charge in [0.15, 0.2) is 0 Å². The van der Waals surface area contributed by atoms with Crippen LogP contribution in [0.1, 0.15) is 0 Å². The molecule has 0 aliphatic heterocycles. The number of nitrogens with zero attached hydrogens (tertiary/aromatic N) is 2. The highest BCUT2D eigenvalue weighted by Gasteiger charge is 1.89. The van der Waals surface area contributed by atoms with E-state index in [0.29, 0.717) is 6.54 Å². The van der Waals surface area contributed by atoms with Gasteiger partial charge in [-0.3, -0.25) is 4.68 Å². The van der Waals surface area contributed by atoms with E-state index in [0.717, 1.165) is 11.8 Å². The topological polar surface area (TPSA) is 43.8 Å². The van der Waals surface area contributed by atoms with Crippen molar-refractivity contribution in [2.75, 3.05) is 6.54 Å². The van der Waals surface area contributed by atoms with Gasteiger partial charge in [-0.05, 0) is 0 Å². The zero-order valence-corrected chi connectivity index (χ0v) is 6.27. The predicted octanol–water partition coefficient (Wildman–Crippen LogP) is -0.658. The molecule has 1 heterocycles. The fourth-order valence-electron chi connectivity index (χ4n) is 0.634. The third kappa shape index (κ3) is 1.77. The van der Waals surface area contributed by atoms with Gasteiger partial charge in [-0.25, -0.2) is 0 Å². The van der Waals surface area contributed by atoms with Gasteiger partial charge in [0.2, 0.25) is 0 Å². The van der Waals surface area contributed by atoms with Crippen LogP contribution in [0, 0.1) is 0 Å². The third-order valence-corrected chi connectivity index (χ3v) is 1.31. The van der Waals surface area contributed by atoms with Crippen molar-refractivity contribution < 1.29 is 0 Å². The Kier molecular flexibility index (Phi) is 2.20. The molecule has 3 nitrogen and oxygen atoms in total. The molecule has 9 heavy (non-hydrogen) atoms. The maximum atomic E-state index is 5.30. The number of nitrogens with two attached hydrogens (primary N) is 1. The summed E-state index contributed by atoms with van der Waals surface area (Å²) in [6, 6.07) is 0. The summed E-state index contributed by atoms with van der Waals surface area (Å²) in [5, 5.41) is 5.12. The summed E-state index contributed by atoms with van der Waals surface area (Å²) < 4.78 is 1.82. The molecule has 1 aromatic heterocycles. The Morgan fingerprint density at radius 3 is 3.00 bits per heavy atom. The van der Waals surface area contributed by atoms with Crippen molar-refractivity contribution in [2.45, 2.75) is 6.54 Å². The molecule has 4 heteroatoms. The van der Waals surface area contributed by atoms with Gasteiger partial charge < -0.3 is 5.73 Å². The van der Waals surface area contributed by atoms with Crippen molar-refractivity contribution in [1.29, 1.82) is 0 Å². The Hall–Kier alpha value is -0.400. The lowest BCUT2D eigenvalue weighted by molar-refractivity contribution is 0.625. The summed E-state index contributed by atoms with van der Waals surface area (Å²) in [5.41, 5.74) is 5.30. The Morgan fingerprint density at radius 1 is 1.78 bits per heavy atom. The highest BCUT2D eigenvalue weighted by Crippen LogP contribution is 1.86. The summed E-state index contributed by atoms with van der Waals surface area (Å²) in [7, 11) is 2.58. The summed E-state index contributed by atoms with van der Waals surface area (Å²) >= 11 is 0. The zero-order valence-electron chi connectivity index (χ0n) is 5.12. The maximum Gasteiger partial charge on any atom is 0.0561 e. The van der Waals surface area contributed by atoms with E-state index < -0.39 is 0 Å². The molecule has 50 valence electrons. The van der Waals surface area contributed by atoms with Crippen molar-refractivity contribution in [3.05, 3.63) is 12.4 Å². The lowest BCUT2D eigenvalue weighted by Crippen LogP contribution is -2.09. The van der Waals surface area contributed by atoms with E-state index in [1.54, 1.807) is 6.20 Å². The Balaban J connectivity index is 2.61. The second-order valence-electron chi connectivity index (χ2n) is 1.83. The normalized spacial score (nSPS) is 10.0. The van der Waals surface area contributed by atoms with Crippen LogP contribution in [0.5, 0.6) is 0 Å². The average molecular weight is 143 g/mol. The fourth-order valence-corrected chi connectivity index (χ4v) is 0.873. The van der Waals surface area contributed by atoms with Crippen LogP contribution in [0.15, 0.2) is 12.4 Å². The highest BCUT2D eigenvalue weighted by molar-refractivity contribution is 7.27. The number of rotatable bonds is 2. The Labute approximate surface area is 56.4 Å². The summed E-state index contributed by atoms with van der Waals surface area (Å²) in [6.07, 6.45) is 3.73. The molecule has 0 saturated heterocycles. The molecular weight excluding hydrogens is 133 g/mol. The maximum absolute atomic E-state index is 5.30. The van der Waals surface area contributed by atoms with Gasteiger partial charge >= 0.3 is 0 Å². The molecule has 2 N–H and O–H groups in total. The molecule has 0 aliphatic rings. The van der Waals surface area contributed by atoms with E-state index in [-0.39, 0.29) is 0 Å². The standard InChI is InChI=1S/C5H10N3P/c6-1-2-8-4-5(9)3-7-8/h3-4H,1-2,6,9H2. The highest BCUT2D eigenvalue weighted by atomic mass is 31.0. The van der Waals surface area contributed by atoms with Gasteiger partial charge in [-0.1, -0.05) is 0 Å². The first-order chi connectivity index (χ1) is 4.33. The summed E-state index contributed by atoms with van der Waals surface area (Å²) in [4.78, 5) is 0. The van der Waals surface area contributed by atoms with E-state index in [9.17, 15) is 0 Å². The molecule has 0 amide bonds. The smallest absolute Gasteiger partial charge is 0.0561 e. The molecule has 0 fully saturated rings. The van der Waals surface area contributed by atoms with Crippen LogP contribution in [-0.4, -0.2) is 16.3 Å². The molecule has 1 rings (SSSR count). The molecule has 0 bridgehead atoms. The van der Waals surface area contributed by atoms with Gasteiger partial charge in [0, 0.05) is 18.0 Å². The molecule has 1 aromatic rings. The molecule has 0 aromatic carbocycles. The third-order valence-electron chi connectivity index (χ3n) is 1.01. The average Bonchev–Trinajstić information content (AvgIpc) is 2.17. The van der Waals surface area contributed by atoms with Gasteiger partial charge in [0.1, 0.15) is 0 Å². The van der Waals surface area contributed by atoms with E-state index >= 15 is 0 Å². The van der Waals surface area contributed by atoms with Crippen LogP contribution in [0.3, 0.4) is 0 Å². The van der Waals surface area contributed by atoms with E-state index in [1.807, 2.05) is 10.9 Å². The number of hydrogen-bond donors (Lipinski definition) is 1. The van der Waals surface area contributed by atoms with Crippen molar-refractivity contribution in [1.82, 2.24) is 9.78 Å². The Bertz CT molecular complexity index is 184. The lowest BCUT2D eigenvalue weighted by atomic mass is 10.6. The molecule has 0 radical (unpaired) electrons. The first-order valence-corrected chi connectivity index (χ1v) is 3.38. The monoisotopic (exact) mass is 143 g/mol. The first-order valence-electron chi connectivity index (χ1n) is 2.81. The van der Waals surface area contributed by atoms with Crippen LogP contribution >= 0.6 is 9.24 Å². The number of hydrogen-bond acceptors (Lipinski definition) is 2. The first kappa shape index (κ1) is 6.72. The Morgan fingerprint density at radius 2 is 2.56 bits per heavy atom. The van der Waals surface area contributed by atoms with Gasteiger partial charge in [-0.15, -0.1) is 9.24 Å². The summed E-state index contributed by atoms with van der Waals surface area (Å²) in [6.45, 7) is 1.44. The summed E-state index contributed by atoms with van der Waals surface area (Å²) in [5.74, 6) is 0. The van der Waals surface area contributed by atoms with E-state index in [4.69, 9.17) is 5.73 Å². The molecule has 0 saturated carbocycles. The second-order valence-corrected chi connectivity index (χ2v) is 2.49. The number of aromatic nitrogens is 2. The van der Waals surface area contributed by atoms with Crippen molar-refractivity contribution >= 4 is 14.5 Å². The van der Waals surface area contributed by atoms with Crippen LogP contribution in [0.2, 0.25) is 0 Å². The quantitative estimate of drug-likeness (QED) is 0.558. The fraction of sp³-hybridized carbons (Fsp3) is 0.400. The van der Waals surface area contributed by atoms with E-state index in [2.05, 4.69) is 14.3 Å². The lowest BCUT2D eigenvalue weighted by Gasteiger charge is -1.93. The van der Waals surface area contributed by atoms with E-state index in [1.165, 1.54) is 0 Å². The van der Waals surface area contributed by atoms with Crippen molar-refractivity contribution in [3.63, 3.8) is 0 Å². The minimum absolute atomic E-state index is 0.645. The SMILES string of the molecule is NCCn1cc(P)cn1. The molecular formula is C5H10N3P. The molecule has 1 unspecified atom stereocenters. The predicted molar refractivity (Wildman–Crippen MR) is 40.6 cm³/mol. The molecule has 0 aliphatic carbocycles. The second kappa shape index (κ2) is 2.95.